The summed E-state index contributed by atoms with van der Waals surface area (Å²) in [6.07, 6.45) is 4.73. The molecular formula is C24H23FN6O4. The molecule has 0 spiro atoms. The highest BCUT2D eigenvalue weighted by Crippen LogP contribution is 2.33. The van der Waals surface area contributed by atoms with Crippen LogP contribution in [0.5, 0.6) is 11.6 Å². The van der Waals surface area contributed by atoms with Crippen molar-refractivity contribution < 1.29 is 23.8 Å². The van der Waals surface area contributed by atoms with Crippen LogP contribution in [0.25, 0.3) is 11.5 Å². The fraction of sp³-hybridized carbons (Fsp3) is 0.208. The van der Waals surface area contributed by atoms with Crippen molar-refractivity contribution in [2.24, 2.45) is 0 Å². The first-order valence-corrected chi connectivity index (χ1v) is 10.7. The van der Waals surface area contributed by atoms with Crippen molar-refractivity contribution >= 4 is 17.5 Å². The lowest BCUT2D eigenvalue weighted by atomic mass is 10.1. The highest BCUT2D eigenvalue weighted by Gasteiger charge is 2.23. The Balaban J connectivity index is 1.78. The third-order valence-electron chi connectivity index (χ3n) is 5.32. The first kappa shape index (κ1) is 23.6. The average Bonchev–Trinajstić information content (AvgIpc) is 3.22. The summed E-state index contributed by atoms with van der Waals surface area (Å²) in [7, 11) is 2.98. The monoisotopic (exact) mass is 478 g/mol. The van der Waals surface area contributed by atoms with E-state index in [1.54, 1.807) is 22.9 Å². The smallest absolute Gasteiger partial charge is 0.339 e. The number of carbonyl (C=O) groups is 1. The van der Waals surface area contributed by atoms with Crippen LogP contribution in [0.15, 0.2) is 48.9 Å². The van der Waals surface area contributed by atoms with E-state index in [4.69, 9.17) is 9.47 Å². The largest absolute Gasteiger partial charge is 0.491 e. The van der Waals surface area contributed by atoms with Gasteiger partial charge in [-0.15, -0.1) is 0 Å². The molecule has 0 atom stereocenters. The molecule has 0 fully saturated rings. The molecule has 180 valence electrons. The van der Waals surface area contributed by atoms with Crippen LogP contribution in [-0.2, 0) is 13.0 Å². The van der Waals surface area contributed by atoms with Gasteiger partial charge < -0.3 is 19.9 Å². The standard InChI is InChI=1S/C24H23FN6O4/c1-4-15-20(30-31(23(15)35-3)13-14-7-5-6-8-17(14)25)22-27-12-19(34-2)21(29-22)28-18-9-10-26-11-16(18)24(32)33/h5-12H,4,13H2,1-3H3,(H,32,33)(H,26,27,28,29). The fourth-order valence-corrected chi connectivity index (χ4v) is 3.63. The van der Waals surface area contributed by atoms with Gasteiger partial charge in [-0.25, -0.2) is 23.8 Å². The van der Waals surface area contributed by atoms with Gasteiger partial charge in [0.05, 0.1) is 32.6 Å². The number of ether oxygens (including phenoxy) is 2. The maximum atomic E-state index is 14.3. The molecule has 2 N–H and O–H groups in total. The predicted molar refractivity (Wildman–Crippen MR) is 126 cm³/mol. The number of aromatic nitrogens is 5. The average molecular weight is 478 g/mol. The molecule has 0 saturated heterocycles. The van der Waals surface area contributed by atoms with Gasteiger partial charge in [-0.05, 0) is 18.6 Å². The second kappa shape index (κ2) is 10.2. The minimum atomic E-state index is -1.14. The maximum absolute atomic E-state index is 14.3. The number of hydrogen-bond donors (Lipinski definition) is 2. The van der Waals surface area contributed by atoms with Crippen LogP contribution < -0.4 is 14.8 Å². The van der Waals surface area contributed by atoms with Crippen LogP contribution in [0, 0.1) is 5.82 Å². The molecule has 0 saturated carbocycles. The van der Waals surface area contributed by atoms with E-state index >= 15 is 0 Å². The summed E-state index contributed by atoms with van der Waals surface area (Å²) in [5.74, 6) is -0.195. The topological polar surface area (TPSA) is 124 Å². The van der Waals surface area contributed by atoms with Crippen molar-refractivity contribution in [1.82, 2.24) is 24.7 Å². The lowest BCUT2D eigenvalue weighted by Crippen LogP contribution is -2.07. The summed E-state index contributed by atoms with van der Waals surface area (Å²) in [4.78, 5) is 24.4. The number of halogens is 1. The Morgan fingerprint density at radius 3 is 2.66 bits per heavy atom. The zero-order valence-electron chi connectivity index (χ0n) is 19.3. The summed E-state index contributed by atoms with van der Waals surface area (Å²) in [6.45, 7) is 2.10. The molecule has 3 heterocycles. The molecule has 0 aliphatic carbocycles. The van der Waals surface area contributed by atoms with Gasteiger partial charge in [-0.2, -0.15) is 5.10 Å². The van der Waals surface area contributed by atoms with Gasteiger partial charge in [0, 0.05) is 23.5 Å². The third-order valence-corrected chi connectivity index (χ3v) is 5.32. The van der Waals surface area contributed by atoms with E-state index in [0.717, 1.165) is 5.56 Å². The Hall–Kier alpha value is -4.54. The molecule has 11 heteroatoms. The van der Waals surface area contributed by atoms with E-state index in [-0.39, 0.29) is 35.3 Å². The third kappa shape index (κ3) is 4.74. The number of carboxylic acid groups (broad SMARTS) is 1. The SMILES string of the molecule is CCc1c(-c2ncc(OC)c(Nc3ccncc3C(=O)O)n2)nn(Cc2ccccc2F)c1OC. The minimum absolute atomic E-state index is 0.0280. The number of hydrogen-bond acceptors (Lipinski definition) is 8. The van der Waals surface area contributed by atoms with E-state index in [9.17, 15) is 14.3 Å². The molecule has 0 aliphatic rings. The molecular weight excluding hydrogens is 455 g/mol. The minimum Gasteiger partial charge on any atom is -0.491 e. The van der Waals surface area contributed by atoms with Gasteiger partial charge in [0.15, 0.2) is 17.4 Å². The molecule has 3 aromatic heterocycles. The van der Waals surface area contributed by atoms with Gasteiger partial charge >= 0.3 is 5.97 Å². The molecule has 4 rings (SSSR count). The van der Waals surface area contributed by atoms with Crippen molar-refractivity contribution in [3.8, 4) is 23.1 Å². The van der Waals surface area contributed by atoms with Crippen LogP contribution in [0.2, 0.25) is 0 Å². The van der Waals surface area contributed by atoms with Crippen molar-refractivity contribution in [2.75, 3.05) is 19.5 Å². The van der Waals surface area contributed by atoms with Crippen molar-refractivity contribution in [2.45, 2.75) is 19.9 Å². The summed E-state index contributed by atoms with van der Waals surface area (Å²) in [5, 5.41) is 17.1. The fourth-order valence-electron chi connectivity index (χ4n) is 3.63. The van der Waals surface area contributed by atoms with Crippen LogP contribution in [-0.4, -0.2) is 50.0 Å². The summed E-state index contributed by atoms with van der Waals surface area (Å²) in [5.41, 5.74) is 1.92. The maximum Gasteiger partial charge on any atom is 0.339 e. The molecule has 4 aromatic rings. The summed E-state index contributed by atoms with van der Waals surface area (Å²) in [6, 6.07) is 7.98. The molecule has 0 aliphatic heterocycles. The van der Waals surface area contributed by atoms with Gasteiger partial charge in [0.2, 0.25) is 5.88 Å². The van der Waals surface area contributed by atoms with Crippen molar-refractivity contribution in [1.29, 1.82) is 0 Å². The number of anilines is 2. The number of nitrogens with zero attached hydrogens (tertiary/aromatic N) is 5. The van der Waals surface area contributed by atoms with Gasteiger partial charge in [0.1, 0.15) is 17.1 Å². The molecule has 0 amide bonds. The molecule has 1 aromatic carbocycles. The van der Waals surface area contributed by atoms with E-state index in [2.05, 4.69) is 25.4 Å². The predicted octanol–water partition coefficient (Wildman–Crippen LogP) is 3.94. The van der Waals surface area contributed by atoms with Crippen molar-refractivity contribution in [3.63, 3.8) is 0 Å². The van der Waals surface area contributed by atoms with Crippen molar-refractivity contribution in [3.05, 3.63) is 71.4 Å². The van der Waals surface area contributed by atoms with Crippen LogP contribution in [0.1, 0.15) is 28.4 Å². The zero-order valence-corrected chi connectivity index (χ0v) is 19.3. The van der Waals surface area contributed by atoms with Gasteiger partial charge in [0.25, 0.3) is 0 Å². The van der Waals surface area contributed by atoms with Gasteiger partial charge in [-0.3, -0.25) is 4.98 Å². The second-order valence-electron chi connectivity index (χ2n) is 7.40. The molecule has 0 radical (unpaired) electrons. The number of pyridine rings is 1. The highest BCUT2D eigenvalue weighted by atomic mass is 19.1. The lowest BCUT2D eigenvalue weighted by Gasteiger charge is -2.12. The first-order valence-electron chi connectivity index (χ1n) is 10.7. The number of aromatic carboxylic acids is 1. The van der Waals surface area contributed by atoms with Crippen LogP contribution in [0.4, 0.5) is 15.9 Å². The molecule has 0 bridgehead atoms. The number of rotatable bonds is 9. The zero-order chi connectivity index (χ0) is 24.9. The van der Waals surface area contributed by atoms with E-state index in [0.29, 0.717) is 29.3 Å². The Labute approximate surface area is 200 Å². The first-order chi connectivity index (χ1) is 17.0. The van der Waals surface area contributed by atoms with E-state index < -0.39 is 5.97 Å². The highest BCUT2D eigenvalue weighted by molar-refractivity contribution is 5.94. The Kier molecular flexibility index (Phi) is 6.86. The summed E-state index contributed by atoms with van der Waals surface area (Å²) < 4.78 is 26.8. The normalized spacial score (nSPS) is 10.7. The Morgan fingerprint density at radius 2 is 1.97 bits per heavy atom. The second-order valence-corrected chi connectivity index (χ2v) is 7.40. The Morgan fingerprint density at radius 1 is 1.17 bits per heavy atom. The molecule has 10 nitrogen and oxygen atoms in total. The Bertz CT molecular complexity index is 1370. The number of benzene rings is 1. The van der Waals surface area contributed by atoms with E-state index in [1.165, 1.54) is 44.9 Å². The number of nitrogens with one attached hydrogen (secondary N) is 1. The van der Waals surface area contributed by atoms with E-state index in [1.807, 2.05) is 6.92 Å². The number of methoxy groups -OCH3 is 2. The number of carboxylic acids is 1. The quantitative estimate of drug-likeness (QED) is 0.368. The molecule has 0 unspecified atom stereocenters. The van der Waals surface area contributed by atoms with Crippen LogP contribution in [0.3, 0.4) is 0 Å². The van der Waals surface area contributed by atoms with Crippen LogP contribution >= 0.6 is 0 Å². The molecule has 35 heavy (non-hydrogen) atoms. The van der Waals surface area contributed by atoms with Gasteiger partial charge in [-0.1, -0.05) is 25.1 Å². The summed E-state index contributed by atoms with van der Waals surface area (Å²) >= 11 is 0. The lowest BCUT2D eigenvalue weighted by molar-refractivity contribution is 0.0697.